The number of benzene rings is 1. The van der Waals surface area contributed by atoms with Crippen molar-refractivity contribution < 1.29 is 26.2 Å². The summed E-state index contributed by atoms with van der Waals surface area (Å²) < 4.78 is 78.0. The number of alkyl halides is 4. The van der Waals surface area contributed by atoms with Gasteiger partial charge in [0.25, 0.3) is 0 Å². The zero-order valence-electron chi connectivity index (χ0n) is 10.8. The Bertz CT molecular complexity index is 493. The number of hydrogen-bond donors (Lipinski definition) is 1. The molecule has 114 valence electrons. The van der Waals surface area contributed by atoms with Crippen molar-refractivity contribution in [2.45, 2.75) is 38.0 Å². The van der Waals surface area contributed by atoms with Crippen molar-refractivity contribution in [3.63, 3.8) is 0 Å². The third kappa shape index (κ3) is 4.24. The molecule has 0 amide bonds. The highest BCUT2D eigenvalue weighted by molar-refractivity contribution is 7.83. The Hall–Kier alpha value is -1.02. The molecule has 0 aliphatic heterocycles. The molecule has 0 saturated carbocycles. The molecule has 0 fully saturated rings. The van der Waals surface area contributed by atoms with Gasteiger partial charge in [0.2, 0.25) is 0 Å². The normalized spacial score (nSPS) is 14.1. The van der Waals surface area contributed by atoms with E-state index in [1.807, 2.05) is 0 Å². The van der Waals surface area contributed by atoms with Crippen LogP contribution in [0.1, 0.15) is 25.0 Å². The molecule has 1 aromatic carbocycles. The summed E-state index contributed by atoms with van der Waals surface area (Å²) in [6.07, 6.45) is -3.92. The van der Waals surface area contributed by atoms with Crippen molar-refractivity contribution in [2.24, 2.45) is 0 Å². The molecule has 0 aliphatic carbocycles. The van der Waals surface area contributed by atoms with Gasteiger partial charge in [0.15, 0.2) is 0 Å². The van der Waals surface area contributed by atoms with Crippen molar-refractivity contribution >= 4 is 11.0 Å². The lowest BCUT2D eigenvalue weighted by molar-refractivity contribution is -0.135. The summed E-state index contributed by atoms with van der Waals surface area (Å²) in [6.45, 7) is 3.19. The van der Waals surface area contributed by atoms with Crippen LogP contribution in [-0.2, 0) is 23.5 Å². The summed E-state index contributed by atoms with van der Waals surface area (Å²) in [5, 5.41) is -0.217. The molecule has 0 spiro atoms. The van der Waals surface area contributed by atoms with E-state index in [2.05, 4.69) is 4.72 Å². The Morgan fingerprint density at radius 2 is 1.85 bits per heavy atom. The van der Waals surface area contributed by atoms with Gasteiger partial charge in [-0.1, -0.05) is 0 Å². The van der Waals surface area contributed by atoms with E-state index in [1.165, 1.54) is 0 Å². The van der Waals surface area contributed by atoms with Gasteiger partial charge in [-0.2, -0.15) is 8.78 Å². The lowest BCUT2D eigenvalue weighted by Gasteiger charge is -2.17. The fourth-order valence-corrected chi connectivity index (χ4v) is 2.03. The summed E-state index contributed by atoms with van der Waals surface area (Å²) in [7, 11) is -1.42. The molecule has 0 saturated heterocycles. The highest BCUT2D eigenvalue weighted by Gasteiger charge is 2.43. The maximum atomic E-state index is 13.2. The molecule has 0 heterocycles. The number of nitrogens with one attached hydrogen (secondary N) is 1. The van der Waals surface area contributed by atoms with Crippen molar-refractivity contribution in [3.8, 4) is 0 Å². The second-order valence-corrected chi connectivity index (χ2v) is 6.27. The first-order valence-corrected chi connectivity index (χ1v) is 6.96. The molecule has 1 unspecified atom stereocenters. The minimum absolute atomic E-state index is 0.0225. The molecule has 1 rings (SSSR count). The van der Waals surface area contributed by atoms with Crippen LogP contribution in [-0.4, -0.2) is 15.9 Å². The van der Waals surface area contributed by atoms with Gasteiger partial charge in [0, 0.05) is 17.4 Å². The van der Waals surface area contributed by atoms with Crippen LogP contribution in [0, 0.1) is 5.82 Å². The van der Waals surface area contributed by atoms with E-state index in [0.717, 1.165) is 12.1 Å². The first-order chi connectivity index (χ1) is 9.14. The lowest BCUT2D eigenvalue weighted by Crippen LogP contribution is -2.26. The Balaban J connectivity index is 2.95. The molecule has 1 atom stereocenters. The zero-order valence-corrected chi connectivity index (χ0v) is 11.6. The van der Waals surface area contributed by atoms with Crippen LogP contribution in [0.2, 0.25) is 0 Å². The minimum Gasteiger partial charge on any atom is -0.243 e. The smallest absolute Gasteiger partial charge is 0.243 e. The van der Waals surface area contributed by atoms with E-state index < -0.39 is 34.7 Å². The zero-order chi connectivity index (χ0) is 15.5. The molecule has 1 aromatic rings. The summed E-state index contributed by atoms with van der Waals surface area (Å²) in [6, 6.07) is 2.07. The predicted octanol–water partition coefficient (Wildman–Crippen LogP) is 3.34. The predicted molar refractivity (Wildman–Crippen MR) is 66.4 cm³/mol. The average Bonchev–Trinajstić information content (AvgIpc) is 2.34. The maximum absolute atomic E-state index is 13.2. The molecule has 1 N–H and O–H groups in total. The molecule has 0 radical (unpaired) electrons. The van der Waals surface area contributed by atoms with Crippen LogP contribution in [0.25, 0.3) is 0 Å². The van der Waals surface area contributed by atoms with Crippen LogP contribution in [0.4, 0.5) is 22.0 Å². The standard InChI is InChI=1S/C12H14F5NOS/c1-7(2)20(19)18-6-8-3-9(5-10(13)4-8)12(16,17)11(14)15/h3-5,7,11,18H,6H2,1-2H3. The maximum Gasteiger partial charge on any atom is 0.332 e. The van der Waals surface area contributed by atoms with E-state index in [9.17, 15) is 26.2 Å². The van der Waals surface area contributed by atoms with Crippen LogP contribution in [0.3, 0.4) is 0 Å². The minimum atomic E-state index is -4.42. The fraction of sp³-hybridized carbons (Fsp3) is 0.500. The van der Waals surface area contributed by atoms with Crippen LogP contribution in [0.5, 0.6) is 0 Å². The highest BCUT2D eigenvalue weighted by Crippen LogP contribution is 2.35. The van der Waals surface area contributed by atoms with Crippen LogP contribution >= 0.6 is 0 Å². The van der Waals surface area contributed by atoms with Crippen molar-refractivity contribution in [1.29, 1.82) is 0 Å². The van der Waals surface area contributed by atoms with Gasteiger partial charge in [0.1, 0.15) is 5.82 Å². The van der Waals surface area contributed by atoms with Gasteiger partial charge in [0.05, 0.1) is 11.0 Å². The lowest BCUT2D eigenvalue weighted by atomic mass is 10.1. The fourth-order valence-electron chi connectivity index (χ4n) is 1.39. The Labute approximate surface area is 116 Å². The molecule has 0 bridgehead atoms. The molecule has 2 nitrogen and oxygen atoms in total. The average molecular weight is 315 g/mol. The summed E-state index contributed by atoms with van der Waals surface area (Å²) >= 11 is 0. The van der Waals surface area contributed by atoms with Gasteiger partial charge in [-0.05, 0) is 37.6 Å². The second kappa shape index (κ2) is 6.62. The van der Waals surface area contributed by atoms with Gasteiger partial charge >= 0.3 is 12.3 Å². The van der Waals surface area contributed by atoms with Crippen molar-refractivity contribution in [1.82, 2.24) is 4.72 Å². The topological polar surface area (TPSA) is 29.1 Å². The van der Waals surface area contributed by atoms with Crippen LogP contribution < -0.4 is 4.72 Å². The van der Waals surface area contributed by atoms with Gasteiger partial charge < -0.3 is 0 Å². The third-order valence-electron chi connectivity index (χ3n) is 2.46. The quantitative estimate of drug-likeness (QED) is 0.802. The number of rotatable bonds is 6. The first kappa shape index (κ1) is 17.0. The van der Waals surface area contributed by atoms with Crippen molar-refractivity contribution in [2.75, 3.05) is 0 Å². The Morgan fingerprint density at radius 1 is 1.25 bits per heavy atom. The van der Waals surface area contributed by atoms with E-state index >= 15 is 0 Å². The molecule has 0 aliphatic rings. The summed E-state index contributed by atoms with van der Waals surface area (Å²) in [5.74, 6) is -5.47. The Morgan fingerprint density at radius 3 is 2.35 bits per heavy atom. The van der Waals surface area contributed by atoms with Crippen molar-refractivity contribution in [3.05, 3.63) is 35.1 Å². The third-order valence-corrected chi connectivity index (χ3v) is 3.75. The van der Waals surface area contributed by atoms with E-state index in [4.69, 9.17) is 0 Å². The highest BCUT2D eigenvalue weighted by atomic mass is 32.2. The summed E-state index contributed by atoms with van der Waals surface area (Å²) in [5.41, 5.74) is -1.08. The van der Waals surface area contributed by atoms with Gasteiger partial charge in [-0.15, -0.1) is 0 Å². The largest absolute Gasteiger partial charge is 0.332 e. The molecule has 8 heteroatoms. The molecular formula is C12H14F5NOS. The number of hydrogen-bond acceptors (Lipinski definition) is 1. The molecular weight excluding hydrogens is 301 g/mol. The van der Waals surface area contributed by atoms with E-state index in [0.29, 0.717) is 6.07 Å². The SMILES string of the molecule is CC(C)S(=O)NCc1cc(F)cc(C(F)(F)C(F)F)c1. The first-order valence-electron chi connectivity index (χ1n) is 5.74. The number of halogens is 5. The van der Waals surface area contributed by atoms with Gasteiger partial charge in [-0.25, -0.2) is 22.1 Å². The second-order valence-electron chi connectivity index (χ2n) is 4.44. The van der Waals surface area contributed by atoms with E-state index in [-0.39, 0.29) is 17.4 Å². The molecule has 20 heavy (non-hydrogen) atoms. The van der Waals surface area contributed by atoms with E-state index in [1.54, 1.807) is 13.8 Å². The van der Waals surface area contributed by atoms with Crippen LogP contribution in [0.15, 0.2) is 18.2 Å². The van der Waals surface area contributed by atoms with Gasteiger partial charge in [-0.3, -0.25) is 0 Å². The molecule has 0 aromatic heterocycles. The Kier molecular flexibility index (Phi) is 5.64. The monoisotopic (exact) mass is 315 g/mol. The summed E-state index contributed by atoms with van der Waals surface area (Å²) in [4.78, 5) is 0.